The fourth-order valence-electron chi connectivity index (χ4n) is 7.37. The zero-order valence-electron chi connectivity index (χ0n) is 40.9. The number of ether oxygens (including phenoxy) is 3. The van der Waals surface area contributed by atoms with Crippen LogP contribution in [0.4, 0.5) is 0 Å². The molecule has 0 aliphatic carbocycles. The van der Waals surface area contributed by atoms with E-state index in [1.54, 1.807) is 0 Å². The van der Waals surface area contributed by atoms with Crippen molar-refractivity contribution in [2.45, 2.75) is 264 Å². The number of unbranched alkanes of at least 4 members (excludes halogenated alkanes) is 26. The predicted molar refractivity (Wildman–Crippen MR) is 265 cm³/mol. The highest BCUT2D eigenvalue weighted by Crippen LogP contribution is 2.16. The highest BCUT2D eigenvalue weighted by molar-refractivity contribution is 5.71. The van der Waals surface area contributed by atoms with E-state index in [0.717, 1.165) is 70.6 Å². The Balaban J connectivity index is 4.46. The third-order valence-electron chi connectivity index (χ3n) is 11.3. The van der Waals surface area contributed by atoms with Crippen LogP contribution in [0.3, 0.4) is 0 Å². The molecule has 0 aromatic carbocycles. The largest absolute Gasteiger partial charge is 0.462 e. The fraction of sp³-hybridized carbons (Fsp3) is 0.768. The predicted octanol–water partition coefficient (Wildman–Crippen LogP) is 17.3. The van der Waals surface area contributed by atoms with E-state index in [2.05, 4.69) is 75.5 Å². The summed E-state index contributed by atoms with van der Waals surface area (Å²) in [6.45, 7) is 6.48. The van der Waals surface area contributed by atoms with Gasteiger partial charge in [-0.3, -0.25) is 14.4 Å². The smallest absolute Gasteiger partial charge is 0.306 e. The van der Waals surface area contributed by atoms with Gasteiger partial charge in [0.25, 0.3) is 0 Å². The van der Waals surface area contributed by atoms with Crippen molar-refractivity contribution >= 4 is 17.9 Å². The monoisotopic (exact) mass is 867 g/mol. The summed E-state index contributed by atoms with van der Waals surface area (Å²) in [5, 5.41) is 0. The minimum atomic E-state index is -0.799. The number of carbonyl (C=O) groups is 3. The Morgan fingerprint density at radius 3 is 0.984 bits per heavy atom. The van der Waals surface area contributed by atoms with Gasteiger partial charge < -0.3 is 14.2 Å². The lowest BCUT2D eigenvalue weighted by molar-refractivity contribution is -0.166. The average molecular weight is 867 g/mol. The maximum absolute atomic E-state index is 12.8. The van der Waals surface area contributed by atoms with Gasteiger partial charge in [0.05, 0.1) is 0 Å². The molecule has 358 valence electrons. The second-order valence-electron chi connectivity index (χ2n) is 17.4. The number of esters is 3. The molecule has 6 nitrogen and oxygen atoms in total. The number of hydrogen-bond acceptors (Lipinski definition) is 6. The number of carbonyl (C=O) groups excluding carboxylic acids is 3. The van der Waals surface area contributed by atoms with Crippen LogP contribution in [-0.4, -0.2) is 37.2 Å². The van der Waals surface area contributed by atoms with Crippen molar-refractivity contribution in [2.75, 3.05) is 13.2 Å². The van der Waals surface area contributed by atoms with E-state index >= 15 is 0 Å². The Kier molecular flexibility index (Phi) is 48.4. The summed E-state index contributed by atoms with van der Waals surface area (Å²) in [6.07, 6.45) is 62.1. The van der Waals surface area contributed by atoms with Crippen LogP contribution in [0.5, 0.6) is 0 Å². The van der Waals surface area contributed by atoms with Gasteiger partial charge in [0.2, 0.25) is 0 Å². The summed E-state index contributed by atoms with van der Waals surface area (Å²) in [5.74, 6) is -0.971. The summed E-state index contributed by atoms with van der Waals surface area (Å²) in [7, 11) is 0. The summed E-state index contributed by atoms with van der Waals surface area (Å²) in [4.78, 5) is 37.9. The van der Waals surface area contributed by atoms with E-state index < -0.39 is 6.10 Å². The first-order chi connectivity index (χ1) is 30.5. The number of hydrogen-bond donors (Lipinski definition) is 0. The summed E-state index contributed by atoms with van der Waals surface area (Å²) in [6, 6.07) is 0. The van der Waals surface area contributed by atoms with Crippen LogP contribution in [0.2, 0.25) is 0 Å². The molecule has 0 aromatic heterocycles. The van der Waals surface area contributed by atoms with Crippen molar-refractivity contribution in [1.29, 1.82) is 0 Å². The molecule has 0 aromatic rings. The van der Waals surface area contributed by atoms with Gasteiger partial charge in [0.15, 0.2) is 6.10 Å². The van der Waals surface area contributed by atoms with Crippen molar-refractivity contribution in [1.82, 2.24) is 0 Å². The van der Waals surface area contributed by atoms with E-state index in [1.165, 1.54) is 141 Å². The van der Waals surface area contributed by atoms with E-state index in [-0.39, 0.29) is 37.5 Å². The van der Waals surface area contributed by atoms with Crippen molar-refractivity contribution < 1.29 is 28.6 Å². The van der Waals surface area contributed by atoms with E-state index in [0.29, 0.717) is 19.3 Å². The molecule has 0 fully saturated rings. The molecule has 0 N–H and O–H groups in total. The Labute approximate surface area is 383 Å². The molecule has 0 saturated carbocycles. The molecule has 0 rings (SSSR count). The first kappa shape index (κ1) is 59.1. The SMILES string of the molecule is CC/C=C\C/C=C\C/C=C\C/C=C\C/C=C\CCC(=O)OCC(COC(=O)CCCCCCCCCCCCCCC)OC(=O)CCCCCCCCCCCCCCCCC. The van der Waals surface area contributed by atoms with E-state index in [9.17, 15) is 14.4 Å². The Bertz CT molecular complexity index is 1130. The Hall–Kier alpha value is -2.89. The molecule has 0 radical (unpaired) electrons. The molecule has 1 atom stereocenters. The fourth-order valence-corrected chi connectivity index (χ4v) is 7.37. The molecule has 0 heterocycles. The van der Waals surface area contributed by atoms with Gasteiger partial charge in [-0.2, -0.15) is 0 Å². The van der Waals surface area contributed by atoms with E-state index in [1.807, 2.05) is 6.08 Å². The van der Waals surface area contributed by atoms with Crippen LogP contribution in [0, 0.1) is 0 Å². The molecule has 1 unspecified atom stereocenters. The molecule has 0 amide bonds. The van der Waals surface area contributed by atoms with Gasteiger partial charge in [-0.05, 0) is 51.4 Å². The third-order valence-corrected chi connectivity index (χ3v) is 11.3. The second-order valence-corrected chi connectivity index (χ2v) is 17.4. The minimum Gasteiger partial charge on any atom is -0.462 e. The molecule has 6 heteroatoms. The van der Waals surface area contributed by atoms with Gasteiger partial charge in [0.1, 0.15) is 13.2 Å². The van der Waals surface area contributed by atoms with Crippen LogP contribution >= 0.6 is 0 Å². The molecule has 0 aliphatic heterocycles. The van der Waals surface area contributed by atoms with Gasteiger partial charge in [-0.1, -0.05) is 248 Å². The van der Waals surface area contributed by atoms with Crippen molar-refractivity contribution in [3.05, 3.63) is 60.8 Å². The van der Waals surface area contributed by atoms with Crippen molar-refractivity contribution in [2.24, 2.45) is 0 Å². The number of allylic oxidation sites excluding steroid dienone is 10. The van der Waals surface area contributed by atoms with Crippen LogP contribution in [0.1, 0.15) is 258 Å². The molecule has 62 heavy (non-hydrogen) atoms. The van der Waals surface area contributed by atoms with Crippen molar-refractivity contribution in [3.63, 3.8) is 0 Å². The van der Waals surface area contributed by atoms with Gasteiger partial charge in [-0.25, -0.2) is 0 Å². The highest BCUT2D eigenvalue weighted by Gasteiger charge is 2.19. The standard InChI is InChI=1S/C56H98O6/c1-4-7-10-13-16-19-22-25-27-29-31-34-37-40-43-46-49-55(58)61-52-53(51-60-54(57)48-45-42-39-36-33-30-24-21-18-15-12-9-6-3)62-56(59)50-47-44-41-38-35-32-28-26-23-20-17-14-11-8-5-2/h7,10,16,19,25,27,31,34,40,43,53H,4-6,8-9,11-15,17-18,20-24,26,28-30,32-33,35-39,41-42,44-52H2,1-3H3/b10-7-,19-16-,27-25-,34-31-,43-40-. The topological polar surface area (TPSA) is 78.9 Å². The van der Waals surface area contributed by atoms with Crippen LogP contribution in [-0.2, 0) is 28.6 Å². The molecular weight excluding hydrogens is 769 g/mol. The van der Waals surface area contributed by atoms with Crippen LogP contribution < -0.4 is 0 Å². The van der Waals surface area contributed by atoms with Gasteiger partial charge >= 0.3 is 17.9 Å². The minimum absolute atomic E-state index is 0.0933. The second kappa shape index (κ2) is 50.8. The van der Waals surface area contributed by atoms with E-state index in [4.69, 9.17) is 14.2 Å². The molecule has 0 saturated heterocycles. The Morgan fingerprint density at radius 1 is 0.339 bits per heavy atom. The first-order valence-corrected chi connectivity index (χ1v) is 26.3. The first-order valence-electron chi connectivity index (χ1n) is 26.3. The summed E-state index contributed by atoms with van der Waals surface area (Å²) in [5.41, 5.74) is 0. The maximum atomic E-state index is 12.8. The number of rotatable bonds is 47. The van der Waals surface area contributed by atoms with Crippen LogP contribution in [0.15, 0.2) is 60.8 Å². The highest BCUT2D eigenvalue weighted by atomic mass is 16.6. The maximum Gasteiger partial charge on any atom is 0.306 e. The lowest BCUT2D eigenvalue weighted by Gasteiger charge is -2.18. The summed E-state index contributed by atoms with van der Waals surface area (Å²) < 4.78 is 16.7. The van der Waals surface area contributed by atoms with Crippen LogP contribution in [0.25, 0.3) is 0 Å². The quantitative estimate of drug-likeness (QED) is 0.0262. The lowest BCUT2D eigenvalue weighted by atomic mass is 10.0. The molecular formula is C56H98O6. The zero-order chi connectivity index (χ0) is 45.1. The lowest BCUT2D eigenvalue weighted by Crippen LogP contribution is -2.30. The van der Waals surface area contributed by atoms with Gasteiger partial charge in [0, 0.05) is 19.3 Å². The summed E-state index contributed by atoms with van der Waals surface area (Å²) >= 11 is 0. The average Bonchev–Trinajstić information content (AvgIpc) is 3.27. The third kappa shape index (κ3) is 48.1. The van der Waals surface area contributed by atoms with Crippen molar-refractivity contribution in [3.8, 4) is 0 Å². The molecule has 0 aliphatic rings. The molecule has 0 bridgehead atoms. The molecule has 0 spiro atoms. The Morgan fingerprint density at radius 2 is 0.629 bits per heavy atom. The normalized spacial score (nSPS) is 12.5. The zero-order valence-corrected chi connectivity index (χ0v) is 40.9. The van der Waals surface area contributed by atoms with Gasteiger partial charge in [-0.15, -0.1) is 0 Å².